The van der Waals surface area contributed by atoms with E-state index in [1.54, 1.807) is 12.3 Å². The predicted molar refractivity (Wildman–Crippen MR) is 74.5 cm³/mol. The zero-order chi connectivity index (χ0) is 13.8. The molecule has 0 bridgehead atoms. The average molecular weight is 279 g/mol. The lowest BCUT2D eigenvalue weighted by Gasteiger charge is -2.18. The number of hydrogen-bond acceptors (Lipinski definition) is 4. The summed E-state index contributed by atoms with van der Waals surface area (Å²) in [4.78, 5) is 14.7. The minimum absolute atomic E-state index is 0.404. The standard InChI is InChI=1S/C14H17NO3S/c1-3-15(9-12-5-4-6-18-12)8-11-7-13(14(16)17)19-10(11)2/h4-7H,3,8-9H2,1-2H3,(H,16,17). The van der Waals surface area contributed by atoms with Gasteiger partial charge in [-0.05, 0) is 37.2 Å². The highest BCUT2D eigenvalue weighted by Crippen LogP contribution is 2.23. The molecule has 0 unspecified atom stereocenters. The van der Waals surface area contributed by atoms with Crippen molar-refractivity contribution in [2.24, 2.45) is 0 Å². The van der Waals surface area contributed by atoms with Crippen molar-refractivity contribution < 1.29 is 14.3 Å². The molecule has 0 amide bonds. The van der Waals surface area contributed by atoms with Gasteiger partial charge in [0.25, 0.3) is 0 Å². The topological polar surface area (TPSA) is 53.7 Å². The first-order chi connectivity index (χ1) is 9.10. The molecule has 19 heavy (non-hydrogen) atoms. The Labute approximate surface area is 116 Å². The normalized spacial score (nSPS) is 11.1. The first-order valence-electron chi connectivity index (χ1n) is 6.17. The van der Waals surface area contributed by atoms with Crippen LogP contribution in [0.3, 0.4) is 0 Å². The summed E-state index contributed by atoms with van der Waals surface area (Å²) < 4.78 is 5.34. The lowest BCUT2D eigenvalue weighted by molar-refractivity contribution is 0.0702. The third kappa shape index (κ3) is 3.45. The van der Waals surface area contributed by atoms with Crippen LogP contribution in [0.2, 0.25) is 0 Å². The van der Waals surface area contributed by atoms with Crippen molar-refractivity contribution in [2.45, 2.75) is 26.9 Å². The largest absolute Gasteiger partial charge is 0.477 e. The van der Waals surface area contributed by atoms with Gasteiger partial charge in [-0.3, -0.25) is 4.90 Å². The van der Waals surface area contributed by atoms with Crippen LogP contribution in [0.4, 0.5) is 0 Å². The third-order valence-electron chi connectivity index (χ3n) is 3.03. The molecule has 5 heteroatoms. The molecule has 0 aliphatic rings. The third-order valence-corrected chi connectivity index (χ3v) is 4.11. The van der Waals surface area contributed by atoms with Crippen LogP contribution in [0.5, 0.6) is 0 Å². The van der Waals surface area contributed by atoms with Crippen LogP contribution in [0, 0.1) is 6.92 Å². The van der Waals surface area contributed by atoms with Crippen molar-refractivity contribution in [3.8, 4) is 0 Å². The second kappa shape index (κ2) is 6.04. The van der Waals surface area contributed by atoms with Gasteiger partial charge in [0, 0.05) is 11.4 Å². The lowest BCUT2D eigenvalue weighted by atomic mass is 10.2. The van der Waals surface area contributed by atoms with Gasteiger partial charge in [0.05, 0.1) is 12.8 Å². The highest BCUT2D eigenvalue weighted by atomic mass is 32.1. The van der Waals surface area contributed by atoms with Gasteiger partial charge in [-0.25, -0.2) is 4.79 Å². The van der Waals surface area contributed by atoms with Gasteiger partial charge in [-0.1, -0.05) is 6.92 Å². The number of thiophene rings is 1. The summed E-state index contributed by atoms with van der Waals surface area (Å²) in [5, 5.41) is 9.00. The maximum atomic E-state index is 11.0. The van der Waals surface area contributed by atoms with E-state index in [4.69, 9.17) is 9.52 Å². The molecule has 0 aromatic carbocycles. The van der Waals surface area contributed by atoms with Gasteiger partial charge >= 0.3 is 5.97 Å². The van der Waals surface area contributed by atoms with E-state index in [1.165, 1.54) is 11.3 Å². The molecule has 0 saturated heterocycles. The number of hydrogen-bond donors (Lipinski definition) is 1. The number of nitrogens with zero attached hydrogens (tertiary/aromatic N) is 1. The highest BCUT2D eigenvalue weighted by Gasteiger charge is 2.14. The van der Waals surface area contributed by atoms with E-state index >= 15 is 0 Å². The zero-order valence-electron chi connectivity index (χ0n) is 11.0. The Morgan fingerprint density at radius 1 is 1.47 bits per heavy atom. The van der Waals surface area contributed by atoms with E-state index < -0.39 is 5.97 Å². The van der Waals surface area contributed by atoms with Crippen molar-refractivity contribution in [1.29, 1.82) is 0 Å². The second-order valence-electron chi connectivity index (χ2n) is 4.38. The Morgan fingerprint density at radius 3 is 2.79 bits per heavy atom. The SMILES string of the molecule is CCN(Cc1ccco1)Cc1cc(C(=O)O)sc1C. The van der Waals surface area contributed by atoms with Gasteiger partial charge in [0.1, 0.15) is 10.6 Å². The monoisotopic (exact) mass is 279 g/mol. The van der Waals surface area contributed by atoms with Gasteiger partial charge < -0.3 is 9.52 Å². The van der Waals surface area contributed by atoms with Crippen LogP contribution >= 0.6 is 11.3 Å². The van der Waals surface area contributed by atoms with E-state index in [0.717, 1.165) is 35.8 Å². The lowest BCUT2D eigenvalue weighted by Crippen LogP contribution is -2.22. The Kier molecular flexibility index (Phi) is 4.39. The molecule has 2 aromatic rings. The van der Waals surface area contributed by atoms with E-state index in [2.05, 4.69) is 11.8 Å². The van der Waals surface area contributed by atoms with Crippen molar-refractivity contribution in [3.05, 3.63) is 45.5 Å². The average Bonchev–Trinajstić information content (AvgIpc) is 2.99. The summed E-state index contributed by atoms with van der Waals surface area (Å²) in [6.07, 6.45) is 1.67. The van der Waals surface area contributed by atoms with E-state index in [0.29, 0.717) is 4.88 Å². The van der Waals surface area contributed by atoms with Crippen LogP contribution in [-0.4, -0.2) is 22.5 Å². The molecule has 0 atom stereocenters. The fourth-order valence-electron chi connectivity index (χ4n) is 1.93. The van der Waals surface area contributed by atoms with Crippen LogP contribution in [0.15, 0.2) is 28.9 Å². The number of aromatic carboxylic acids is 1. The summed E-state index contributed by atoms with van der Waals surface area (Å²) in [6, 6.07) is 5.60. The number of carboxylic acids is 1. The summed E-state index contributed by atoms with van der Waals surface area (Å²) in [5.74, 6) is 0.0709. The molecule has 0 aliphatic heterocycles. The van der Waals surface area contributed by atoms with Crippen LogP contribution in [0.25, 0.3) is 0 Å². The van der Waals surface area contributed by atoms with Gasteiger partial charge in [0.15, 0.2) is 0 Å². The molecule has 2 aromatic heterocycles. The predicted octanol–water partition coefficient (Wildman–Crippen LogP) is 3.37. The van der Waals surface area contributed by atoms with E-state index in [1.807, 2.05) is 19.1 Å². The maximum absolute atomic E-state index is 11.0. The smallest absolute Gasteiger partial charge is 0.345 e. The molecule has 0 spiro atoms. The fourth-order valence-corrected chi connectivity index (χ4v) is 2.80. The van der Waals surface area contributed by atoms with Crippen molar-refractivity contribution >= 4 is 17.3 Å². The first-order valence-corrected chi connectivity index (χ1v) is 6.99. The highest BCUT2D eigenvalue weighted by molar-refractivity contribution is 7.14. The molecule has 0 fully saturated rings. The summed E-state index contributed by atoms with van der Waals surface area (Å²) in [6.45, 7) is 6.42. The minimum Gasteiger partial charge on any atom is -0.477 e. The van der Waals surface area contributed by atoms with Crippen molar-refractivity contribution in [3.63, 3.8) is 0 Å². The molecule has 1 N–H and O–H groups in total. The molecule has 0 radical (unpaired) electrons. The molecule has 102 valence electrons. The molecule has 4 nitrogen and oxygen atoms in total. The second-order valence-corrected chi connectivity index (χ2v) is 5.64. The number of carbonyl (C=O) groups is 1. The number of rotatable bonds is 6. The quantitative estimate of drug-likeness (QED) is 0.880. The first kappa shape index (κ1) is 13.8. The molecule has 2 rings (SSSR count). The minimum atomic E-state index is -0.853. The van der Waals surface area contributed by atoms with Crippen molar-refractivity contribution in [2.75, 3.05) is 6.54 Å². The number of aryl methyl sites for hydroxylation is 1. The van der Waals surface area contributed by atoms with Crippen LogP contribution in [-0.2, 0) is 13.1 Å². The number of carboxylic acid groups (broad SMARTS) is 1. The Bertz CT molecular complexity index is 545. The van der Waals surface area contributed by atoms with Crippen LogP contribution < -0.4 is 0 Å². The molecular formula is C14H17NO3S. The molecule has 0 aliphatic carbocycles. The Morgan fingerprint density at radius 2 is 2.26 bits per heavy atom. The summed E-state index contributed by atoms with van der Waals surface area (Å²) in [7, 11) is 0. The van der Waals surface area contributed by atoms with Crippen molar-refractivity contribution in [1.82, 2.24) is 4.90 Å². The zero-order valence-corrected chi connectivity index (χ0v) is 11.9. The van der Waals surface area contributed by atoms with E-state index in [-0.39, 0.29) is 0 Å². The summed E-state index contributed by atoms with van der Waals surface area (Å²) >= 11 is 1.33. The molecule has 2 heterocycles. The molecular weight excluding hydrogens is 262 g/mol. The van der Waals surface area contributed by atoms with E-state index in [9.17, 15) is 4.79 Å². The Hall–Kier alpha value is -1.59. The van der Waals surface area contributed by atoms with Gasteiger partial charge in [0.2, 0.25) is 0 Å². The number of furan rings is 1. The van der Waals surface area contributed by atoms with Gasteiger partial charge in [-0.2, -0.15) is 0 Å². The molecule has 0 saturated carbocycles. The maximum Gasteiger partial charge on any atom is 0.345 e. The van der Waals surface area contributed by atoms with Crippen LogP contribution in [0.1, 0.15) is 32.8 Å². The fraction of sp³-hybridized carbons (Fsp3) is 0.357. The van der Waals surface area contributed by atoms with Gasteiger partial charge in [-0.15, -0.1) is 11.3 Å². The summed E-state index contributed by atoms with van der Waals surface area (Å²) in [5.41, 5.74) is 1.08. The Balaban J connectivity index is 2.07.